The summed E-state index contributed by atoms with van der Waals surface area (Å²) in [6.07, 6.45) is 0. The van der Waals surface area contributed by atoms with Crippen molar-refractivity contribution in [3.05, 3.63) is 60.0 Å². The second kappa shape index (κ2) is 6.14. The molecule has 8 heteroatoms. The Bertz CT molecular complexity index is 1040. The lowest BCUT2D eigenvalue weighted by molar-refractivity contribution is 0.394. The standard InChI is InChI=1S/C16H12N4O3S/c1-11-18-16(19-23-11)13-5-3-7-15(9-13)24(21,22)20-14-6-2-4-12(8-14)10-17/h2-9,20H,1H3. The Labute approximate surface area is 138 Å². The van der Waals surface area contributed by atoms with Gasteiger partial charge in [-0.15, -0.1) is 0 Å². The van der Waals surface area contributed by atoms with Crippen LogP contribution in [0.15, 0.2) is 57.9 Å². The maximum absolute atomic E-state index is 12.5. The highest BCUT2D eigenvalue weighted by Gasteiger charge is 2.16. The number of hydrogen-bond donors (Lipinski definition) is 1. The van der Waals surface area contributed by atoms with Gasteiger partial charge < -0.3 is 4.52 Å². The maximum Gasteiger partial charge on any atom is 0.261 e. The Morgan fingerprint density at radius 1 is 1.17 bits per heavy atom. The Kier molecular flexibility index (Phi) is 4.02. The molecule has 2 aromatic carbocycles. The molecule has 0 unspecified atom stereocenters. The molecule has 0 radical (unpaired) electrons. The number of sulfonamides is 1. The van der Waals surface area contributed by atoms with E-state index in [0.29, 0.717) is 28.5 Å². The van der Waals surface area contributed by atoms with Gasteiger partial charge in [0.1, 0.15) is 0 Å². The maximum atomic E-state index is 12.5. The average molecular weight is 340 g/mol. The first kappa shape index (κ1) is 15.7. The van der Waals surface area contributed by atoms with E-state index in [-0.39, 0.29) is 4.90 Å². The SMILES string of the molecule is Cc1nc(-c2cccc(S(=O)(=O)Nc3cccc(C#N)c3)c2)no1. The van der Waals surface area contributed by atoms with Gasteiger partial charge in [0.2, 0.25) is 11.7 Å². The molecule has 0 spiro atoms. The van der Waals surface area contributed by atoms with Crippen LogP contribution in [0.25, 0.3) is 11.4 Å². The third-order valence-electron chi connectivity index (χ3n) is 3.17. The van der Waals surface area contributed by atoms with E-state index in [2.05, 4.69) is 14.9 Å². The summed E-state index contributed by atoms with van der Waals surface area (Å²) in [7, 11) is -3.81. The largest absolute Gasteiger partial charge is 0.339 e. The van der Waals surface area contributed by atoms with E-state index in [1.807, 2.05) is 6.07 Å². The van der Waals surface area contributed by atoms with E-state index in [4.69, 9.17) is 9.78 Å². The zero-order chi connectivity index (χ0) is 17.2. The Morgan fingerprint density at radius 2 is 1.96 bits per heavy atom. The van der Waals surface area contributed by atoms with Crippen LogP contribution < -0.4 is 4.72 Å². The third-order valence-corrected chi connectivity index (χ3v) is 4.55. The molecule has 0 bridgehead atoms. The van der Waals surface area contributed by atoms with E-state index in [9.17, 15) is 8.42 Å². The molecule has 0 amide bonds. The van der Waals surface area contributed by atoms with Gasteiger partial charge in [0.15, 0.2) is 0 Å². The first-order valence-corrected chi connectivity index (χ1v) is 8.40. The summed E-state index contributed by atoms with van der Waals surface area (Å²) >= 11 is 0. The summed E-state index contributed by atoms with van der Waals surface area (Å²) in [5.74, 6) is 0.709. The fourth-order valence-electron chi connectivity index (χ4n) is 2.09. The van der Waals surface area contributed by atoms with Crippen LogP contribution >= 0.6 is 0 Å². The molecule has 0 aliphatic rings. The van der Waals surface area contributed by atoms with Crippen LogP contribution in [0.5, 0.6) is 0 Å². The minimum absolute atomic E-state index is 0.0600. The normalized spacial score (nSPS) is 11.0. The highest BCUT2D eigenvalue weighted by molar-refractivity contribution is 7.92. The number of nitriles is 1. The summed E-state index contributed by atoms with van der Waals surface area (Å²) < 4.78 is 32.4. The van der Waals surface area contributed by atoms with Crippen LogP contribution in [-0.2, 0) is 10.0 Å². The summed E-state index contributed by atoms with van der Waals surface area (Å²) in [6, 6.07) is 14.4. The van der Waals surface area contributed by atoms with Crippen LogP contribution in [0.2, 0.25) is 0 Å². The number of aromatic nitrogens is 2. The van der Waals surface area contributed by atoms with Crippen molar-refractivity contribution in [3.8, 4) is 17.5 Å². The fourth-order valence-corrected chi connectivity index (χ4v) is 3.18. The van der Waals surface area contributed by atoms with E-state index in [0.717, 1.165) is 0 Å². The first-order valence-electron chi connectivity index (χ1n) is 6.92. The molecular weight excluding hydrogens is 328 g/mol. The fraction of sp³-hybridized carbons (Fsp3) is 0.0625. The van der Waals surface area contributed by atoms with Crippen LogP contribution in [0, 0.1) is 18.3 Å². The van der Waals surface area contributed by atoms with Gasteiger partial charge in [-0.1, -0.05) is 23.4 Å². The van der Waals surface area contributed by atoms with Crippen molar-refractivity contribution in [3.63, 3.8) is 0 Å². The summed E-state index contributed by atoms with van der Waals surface area (Å²) in [5, 5.41) is 12.7. The number of anilines is 1. The van der Waals surface area contributed by atoms with Crippen LogP contribution in [-0.4, -0.2) is 18.6 Å². The number of rotatable bonds is 4. The van der Waals surface area contributed by atoms with Gasteiger partial charge in [0.05, 0.1) is 22.2 Å². The number of nitrogens with one attached hydrogen (secondary N) is 1. The van der Waals surface area contributed by atoms with Gasteiger partial charge in [0, 0.05) is 12.5 Å². The van der Waals surface area contributed by atoms with E-state index in [1.165, 1.54) is 18.2 Å². The van der Waals surface area contributed by atoms with Crippen molar-refractivity contribution in [1.82, 2.24) is 10.1 Å². The molecule has 0 saturated carbocycles. The summed E-state index contributed by atoms with van der Waals surface area (Å²) in [5.41, 5.74) is 1.21. The molecule has 3 rings (SSSR count). The minimum atomic E-state index is -3.81. The summed E-state index contributed by atoms with van der Waals surface area (Å²) in [6.45, 7) is 1.65. The molecule has 0 aliphatic carbocycles. The average Bonchev–Trinajstić information content (AvgIpc) is 3.01. The Morgan fingerprint density at radius 3 is 2.67 bits per heavy atom. The van der Waals surface area contributed by atoms with Crippen molar-refractivity contribution < 1.29 is 12.9 Å². The highest BCUT2D eigenvalue weighted by atomic mass is 32.2. The monoisotopic (exact) mass is 340 g/mol. The zero-order valence-electron chi connectivity index (χ0n) is 12.6. The van der Waals surface area contributed by atoms with E-state index < -0.39 is 10.0 Å². The molecule has 0 aliphatic heterocycles. The molecular formula is C16H12N4O3S. The molecule has 0 atom stereocenters. The van der Waals surface area contributed by atoms with Gasteiger partial charge in [0.25, 0.3) is 10.0 Å². The van der Waals surface area contributed by atoms with Gasteiger partial charge in [-0.3, -0.25) is 4.72 Å². The van der Waals surface area contributed by atoms with Crippen LogP contribution in [0.3, 0.4) is 0 Å². The molecule has 1 aromatic heterocycles. The van der Waals surface area contributed by atoms with Gasteiger partial charge in [-0.25, -0.2) is 8.42 Å². The number of aryl methyl sites for hydroxylation is 1. The minimum Gasteiger partial charge on any atom is -0.339 e. The lowest BCUT2D eigenvalue weighted by Crippen LogP contribution is -2.13. The molecule has 0 saturated heterocycles. The van der Waals surface area contributed by atoms with Crippen molar-refractivity contribution in [1.29, 1.82) is 5.26 Å². The molecule has 120 valence electrons. The van der Waals surface area contributed by atoms with Gasteiger partial charge in [-0.05, 0) is 30.3 Å². The Hall–Kier alpha value is -3.18. The predicted octanol–water partition coefficient (Wildman–Crippen LogP) is 2.72. The van der Waals surface area contributed by atoms with Crippen molar-refractivity contribution in [2.24, 2.45) is 0 Å². The lowest BCUT2D eigenvalue weighted by Gasteiger charge is -2.09. The number of benzene rings is 2. The zero-order valence-corrected chi connectivity index (χ0v) is 13.4. The second-order valence-corrected chi connectivity index (χ2v) is 6.65. The second-order valence-electron chi connectivity index (χ2n) is 4.96. The van der Waals surface area contributed by atoms with E-state index in [1.54, 1.807) is 37.3 Å². The number of nitrogens with zero attached hydrogens (tertiary/aromatic N) is 3. The first-order chi connectivity index (χ1) is 11.5. The van der Waals surface area contributed by atoms with Crippen LogP contribution in [0.4, 0.5) is 5.69 Å². The quantitative estimate of drug-likeness (QED) is 0.782. The highest BCUT2D eigenvalue weighted by Crippen LogP contribution is 2.22. The third kappa shape index (κ3) is 3.26. The van der Waals surface area contributed by atoms with Crippen molar-refractivity contribution >= 4 is 15.7 Å². The Balaban J connectivity index is 1.94. The lowest BCUT2D eigenvalue weighted by atomic mass is 10.2. The molecule has 1 heterocycles. The van der Waals surface area contributed by atoms with Crippen molar-refractivity contribution in [2.75, 3.05) is 4.72 Å². The smallest absolute Gasteiger partial charge is 0.261 e. The van der Waals surface area contributed by atoms with Gasteiger partial charge in [-0.2, -0.15) is 10.2 Å². The topological polar surface area (TPSA) is 109 Å². The molecule has 1 N–H and O–H groups in total. The van der Waals surface area contributed by atoms with Crippen molar-refractivity contribution in [2.45, 2.75) is 11.8 Å². The molecule has 7 nitrogen and oxygen atoms in total. The van der Waals surface area contributed by atoms with E-state index >= 15 is 0 Å². The number of hydrogen-bond acceptors (Lipinski definition) is 6. The van der Waals surface area contributed by atoms with Crippen LogP contribution in [0.1, 0.15) is 11.5 Å². The molecule has 0 fully saturated rings. The molecule has 24 heavy (non-hydrogen) atoms. The molecule has 3 aromatic rings. The van der Waals surface area contributed by atoms with Gasteiger partial charge >= 0.3 is 0 Å². The predicted molar refractivity (Wildman–Crippen MR) is 86.4 cm³/mol. The summed E-state index contributed by atoms with van der Waals surface area (Å²) in [4.78, 5) is 4.14.